The van der Waals surface area contributed by atoms with Crippen molar-refractivity contribution in [2.75, 3.05) is 14.2 Å². The van der Waals surface area contributed by atoms with Gasteiger partial charge in [0.2, 0.25) is 5.78 Å². The van der Waals surface area contributed by atoms with Crippen molar-refractivity contribution < 1.29 is 29.0 Å². The summed E-state index contributed by atoms with van der Waals surface area (Å²) in [6.45, 7) is 0. The van der Waals surface area contributed by atoms with E-state index >= 15 is 0 Å². The number of ether oxygens (including phenoxy) is 2. The van der Waals surface area contributed by atoms with Crippen LogP contribution in [-0.2, 0) is 4.74 Å². The maximum absolute atomic E-state index is 12.8. The van der Waals surface area contributed by atoms with Gasteiger partial charge in [0.25, 0.3) is 0 Å². The third kappa shape index (κ3) is 1.99. The van der Waals surface area contributed by atoms with Crippen LogP contribution in [0.15, 0.2) is 30.3 Å². The summed E-state index contributed by atoms with van der Waals surface area (Å²) in [7, 11) is 2.54. The van der Waals surface area contributed by atoms with Crippen LogP contribution in [0.4, 0.5) is 0 Å². The number of hydrogen-bond donors (Lipinski definition) is 1. The maximum atomic E-state index is 12.8. The first kappa shape index (κ1) is 14.8. The van der Waals surface area contributed by atoms with Gasteiger partial charge in [0.05, 0.1) is 25.3 Å². The van der Waals surface area contributed by atoms with Gasteiger partial charge in [0, 0.05) is 11.1 Å². The van der Waals surface area contributed by atoms with E-state index < -0.39 is 23.3 Å². The van der Waals surface area contributed by atoms with Crippen LogP contribution in [0.3, 0.4) is 0 Å². The van der Waals surface area contributed by atoms with Crippen molar-refractivity contribution in [1.82, 2.24) is 0 Å². The van der Waals surface area contributed by atoms with Crippen molar-refractivity contribution in [1.29, 1.82) is 0 Å². The highest BCUT2D eigenvalue weighted by Gasteiger charge is 2.36. The largest absolute Gasteiger partial charge is 0.506 e. The van der Waals surface area contributed by atoms with Gasteiger partial charge in [-0.05, 0) is 18.2 Å². The predicted octanol–water partition coefficient (Wildman–Crippen LogP) is 1.96. The van der Waals surface area contributed by atoms with Gasteiger partial charge in [-0.15, -0.1) is 0 Å². The molecular weight excluding hydrogens is 300 g/mol. The lowest BCUT2D eigenvalue weighted by atomic mass is 9.82. The molecule has 1 aliphatic rings. The molecule has 0 unspecified atom stereocenters. The van der Waals surface area contributed by atoms with E-state index in [1.54, 1.807) is 12.1 Å². The molecule has 23 heavy (non-hydrogen) atoms. The molecule has 0 saturated heterocycles. The van der Waals surface area contributed by atoms with Crippen molar-refractivity contribution in [3.63, 3.8) is 0 Å². The summed E-state index contributed by atoms with van der Waals surface area (Å²) in [5.41, 5.74) is -0.0709. The number of hydrogen-bond acceptors (Lipinski definition) is 6. The van der Waals surface area contributed by atoms with Crippen molar-refractivity contribution >= 4 is 17.5 Å². The van der Waals surface area contributed by atoms with E-state index in [9.17, 15) is 19.5 Å². The molecule has 116 valence electrons. The number of methoxy groups -OCH3 is 2. The van der Waals surface area contributed by atoms with Gasteiger partial charge in [-0.25, -0.2) is 4.79 Å². The Hall–Kier alpha value is -3.15. The first-order chi connectivity index (χ1) is 11.0. The van der Waals surface area contributed by atoms with Crippen LogP contribution >= 0.6 is 0 Å². The van der Waals surface area contributed by atoms with Crippen molar-refractivity contribution in [2.45, 2.75) is 0 Å². The summed E-state index contributed by atoms with van der Waals surface area (Å²) in [6, 6.07) is 7.28. The Bertz CT molecular complexity index is 866. The molecular formula is C17H12O6. The van der Waals surface area contributed by atoms with Crippen molar-refractivity contribution in [2.24, 2.45) is 0 Å². The summed E-state index contributed by atoms with van der Waals surface area (Å²) >= 11 is 0. The lowest BCUT2D eigenvalue weighted by Crippen LogP contribution is -2.22. The highest BCUT2D eigenvalue weighted by Crippen LogP contribution is 2.38. The third-order valence-electron chi connectivity index (χ3n) is 3.77. The summed E-state index contributed by atoms with van der Waals surface area (Å²) in [5.74, 6) is -2.12. The quantitative estimate of drug-likeness (QED) is 0.728. The average molecular weight is 312 g/mol. The van der Waals surface area contributed by atoms with Crippen LogP contribution in [0.1, 0.15) is 42.2 Å². The molecule has 6 nitrogen and oxygen atoms in total. The van der Waals surface area contributed by atoms with Gasteiger partial charge in [-0.1, -0.05) is 12.1 Å². The van der Waals surface area contributed by atoms with E-state index in [1.807, 2.05) is 0 Å². The molecule has 0 heterocycles. The van der Waals surface area contributed by atoms with Gasteiger partial charge >= 0.3 is 5.97 Å². The molecule has 0 aliphatic heterocycles. The molecule has 0 spiro atoms. The SMILES string of the molecule is COC(=O)c1ccc2c(c1O)C(=O)c1c(OC)cccc1C2=O. The Balaban J connectivity index is 2.31. The molecule has 1 N–H and O–H groups in total. The molecule has 3 rings (SSSR count). The molecule has 2 aromatic rings. The zero-order chi connectivity index (χ0) is 16.7. The number of phenols is 1. The van der Waals surface area contributed by atoms with E-state index in [0.717, 1.165) is 7.11 Å². The summed E-state index contributed by atoms with van der Waals surface area (Å²) in [4.78, 5) is 37.0. The minimum atomic E-state index is -0.795. The zero-order valence-electron chi connectivity index (χ0n) is 12.4. The first-order valence-electron chi connectivity index (χ1n) is 6.72. The second-order valence-electron chi connectivity index (χ2n) is 4.92. The number of ketones is 2. The number of rotatable bonds is 2. The number of esters is 1. The minimum Gasteiger partial charge on any atom is -0.506 e. The monoisotopic (exact) mass is 312 g/mol. The number of fused-ring (bicyclic) bond motifs is 2. The normalized spacial score (nSPS) is 12.4. The molecule has 2 aromatic carbocycles. The molecule has 0 radical (unpaired) electrons. The Morgan fingerprint density at radius 3 is 2.30 bits per heavy atom. The predicted molar refractivity (Wildman–Crippen MR) is 79.3 cm³/mol. The van der Waals surface area contributed by atoms with Crippen molar-refractivity contribution in [3.05, 3.63) is 58.1 Å². The van der Waals surface area contributed by atoms with Crippen LogP contribution in [0, 0.1) is 0 Å². The Labute approximate surface area is 131 Å². The van der Waals surface area contributed by atoms with E-state index in [1.165, 1.54) is 25.3 Å². The Morgan fingerprint density at radius 2 is 1.65 bits per heavy atom. The molecule has 0 saturated carbocycles. The molecule has 0 amide bonds. The number of benzene rings is 2. The Morgan fingerprint density at radius 1 is 0.957 bits per heavy atom. The van der Waals surface area contributed by atoms with Gasteiger partial charge in [-0.2, -0.15) is 0 Å². The molecule has 1 aliphatic carbocycles. The molecule has 0 fully saturated rings. The zero-order valence-corrected chi connectivity index (χ0v) is 12.4. The van der Waals surface area contributed by atoms with Crippen molar-refractivity contribution in [3.8, 4) is 11.5 Å². The van der Waals surface area contributed by atoms with Crippen LogP contribution < -0.4 is 4.74 Å². The fraction of sp³-hybridized carbons (Fsp3) is 0.118. The third-order valence-corrected chi connectivity index (χ3v) is 3.77. The van der Waals surface area contributed by atoms with E-state index in [2.05, 4.69) is 4.74 Å². The second-order valence-corrected chi connectivity index (χ2v) is 4.92. The standard InChI is InChI=1S/C17H12O6/c1-22-11-5-3-4-8-12(11)16(20)13-9(14(8)18)6-7-10(15(13)19)17(21)23-2/h3-7,19H,1-2H3. The van der Waals surface area contributed by atoms with Gasteiger partial charge in [0.1, 0.15) is 17.1 Å². The van der Waals surface area contributed by atoms with E-state index in [4.69, 9.17) is 4.74 Å². The number of carbonyl (C=O) groups excluding carboxylic acids is 3. The fourth-order valence-electron chi connectivity index (χ4n) is 2.68. The first-order valence-corrected chi connectivity index (χ1v) is 6.72. The lowest BCUT2D eigenvalue weighted by Gasteiger charge is -2.21. The van der Waals surface area contributed by atoms with E-state index in [-0.39, 0.29) is 33.6 Å². The minimum absolute atomic E-state index is 0.0425. The number of carbonyl (C=O) groups is 3. The van der Waals surface area contributed by atoms with Crippen LogP contribution in [0.5, 0.6) is 11.5 Å². The number of phenolic OH excluding ortho intramolecular Hbond substituents is 1. The molecule has 6 heteroatoms. The summed E-state index contributed by atoms with van der Waals surface area (Å²) in [5, 5.41) is 10.3. The van der Waals surface area contributed by atoms with Crippen LogP contribution in [0.2, 0.25) is 0 Å². The summed E-state index contributed by atoms with van der Waals surface area (Å²) < 4.78 is 9.70. The van der Waals surface area contributed by atoms with Crippen LogP contribution in [0.25, 0.3) is 0 Å². The topological polar surface area (TPSA) is 89.9 Å². The highest BCUT2D eigenvalue weighted by molar-refractivity contribution is 6.30. The highest BCUT2D eigenvalue weighted by atomic mass is 16.5. The van der Waals surface area contributed by atoms with Crippen LogP contribution in [-0.4, -0.2) is 36.9 Å². The Kier molecular flexibility index (Phi) is 3.37. The van der Waals surface area contributed by atoms with E-state index in [0.29, 0.717) is 0 Å². The second kappa shape index (κ2) is 5.24. The molecule has 0 atom stereocenters. The number of aromatic hydroxyl groups is 1. The summed E-state index contributed by atoms with van der Waals surface area (Å²) in [6.07, 6.45) is 0. The van der Waals surface area contributed by atoms with Gasteiger partial charge < -0.3 is 14.6 Å². The molecule has 0 aromatic heterocycles. The maximum Gasteiger partial charge on any atom is 0.341 e. The smallest absolute Gasteiger partial charge is 0.341 e. The fourth-order valence-corrected chi connectivity index (χ4v) is 2.68. The molecule has 0 bridgehead atoms. The van der Waals surface area contributed by atoms with Gasteiger partial charge in [-0.3, -0.25) is 9.59 Å². The van der Waals surface area contributed by atoms with Gasteiger partial charge in [0.15, 0.2) is 5.78 Å². The lowest BCUT2D eigenvalue weighted by molar-refractivity contribution is 0.0597. The average Bonchev–Trinajstić information content (AvgIpc) is 2.58.